The minimum Gasteiger partial charge on any atom is -0.331 e. The normalized spacial score (nSPS) is 11.2. The molecule has 0 aliphatic heterocycles. The Balaban J connectivity index is 2.09. The molecule has 1 aromatic heterocycles. The molecule has 1 heterocycles. The number of fused-ring (bicyclic) bond motifs is 1. The summed E-state index contributed by atoms with van der Waals surface area (Å²) in [4.78, 5) is 4.57. The van der Waals surface area contributed by atoms with E-state index in [1.54, 1.807) is 0 Å². The van der Waals surface area contributed by atoms with Crippen LogP contribution in [0.15, 0.2) is 18.2 Å². The first kappa shape index (κ1) is 12.1. The van der Waals surface area contributed by atoms with Gasteiger partial charge in [-0.25, -0.2) is 4.98 Å². The van der Waals surface area contributed by atoms with Crippen LogP contribution in [0.1, 0.15) is 24.2 Å². The Labute approximate surface area is 103 Å². The molecule has 0 saturated carbocycles. The van der Waals surface area contributed by atoms with Crippen LogP contribution in [-0.2, 0) is 13.5 Å². The van der Waals surface area contributed by atoms with Gasteiger partial charge in [0.15, 0.2) is 0 Å². The number of aromatic nitrogens is 2. The van der Waals surface area contributed by atoms with Crippen LogP contribution in [0.25, 0.3) is 11.0 Å². The fourth-order valence-electron chi connectivity index (χ4n) is 2.15. The summed E-state index contributed by atoms with van der Waals surface area (Å²) < 4.78 is 2.14. The molecule has 0 amide bonds. The van der Waals surface area contributed by atoms with Crippen molar-refractivity contribution < 1.29 is 0 Å². The number of rotatable bonds is 5. The number of nitrogens with one attached hydrogen (secondary N) is 1. The molecule has 1 N–H and O–H groups in total. The molecule has 0 saturated heterocycles. The van der Waals surface area contributed by atoms with Crippen molar-refractivity contribution in [2.24, 2.45) is 7.05 Å². The Bertz CT molecular complexity index is 499. The average Bonchev–Trinajstić information content (AvgIpc) is 2.61. The third kappa shape index (κ3) is 2.67. The van der Waals surface area contributed by atoms with Gasteiger partial charge in [0.2, 0.25) is 0 Å². The third-order valence-electron chi connectivity index (χ3n) is 3.31. The number of aryl methyl sites for hydroxylation is 3. The number of hydrogen-bond donors (Lipinski definition) is 1. The van der Waals surface area contributed by atoms with E-state index in [1.807, 2.05) is 14.0 Å². The SMILES string of the molecule is CNCCCCc1ccc2c(c1)nc(C)n2C. The quantitative estimate of drug-likeness (QED) is 0.801. The van der Waals surface area contributed by atoms with Crippen molar-refractivity contribution in [1.29, 1.82) is 0 Å². The minimum atomic E-state index is 1.08. The summed E-state index contributed by atoms with van der Waals surface area (Å²) in [7, 11) is 4.07. The molecule has 3 nitrogen and oxygen atoms in total. The van der Waals surface area contributed by atoms with E-state index in [1.165, 1.54) is 23.9 Å². The fourth-order valence-corrected chi connectivity index (χ4v) is 2.15. The lowest BCUT2D eigenvalue weighted by Crippen LogP contribution is -2.07. The molecule has 1 aromatic carbocycles. The van der Waals surface area contributed by atoms with Gasteiger partial charge in [0.25, 0.3) is 0 Å². The van der Waals surface area contributed by atoms with Crippen LogP contribution in [0, 0.1) is 6.92 Å². The molecule has 17 heavy (non-hydrogen) atoms. The van der Waals surface area contributed by atoms with Crippen molar-refractivity contribution >= 4 is 11.0 Å². The number of nitrogens with zero attached hydrogens (tertiary/aromatic N) is 2. The van der Waals surface area contributed by atoms with Gasteiger partial charge in [-0.1, -0.05) is 6.07 Å². The predicted molar refractivity (Wildman–Crippen MR) is 72.3 cm³/mol. The van der Waals surface area contributed by atoms with Gasteiger partial charge in [-0.3, -0.25) is 0 Å². The molecule has 3 heteroatoms. The monoisotopic (exact) mass is 231 g/mol. The van der Waals surface area contributed by atoms with Crippen LogP contribution in [0.2, 0.25) is 0 Å². The zero-order valence-corrected chi connectivity index (χ0v) is 11.0. The summed E-state index contributed by atoms with van der Waals surface area (Å²) in [6, 6.07) is 6.63. The summed E-state index contributed by atoms with van der Waals surface area (Å²) in [6.07, 6.45) is 3.61. The van der Waals surface area contributed by atoms with E-state index >= 15 is 0 Å². The van der Waals surface area contributed by atoms with Crippen molar-refractivity contribution in [3.05, 3.63) is 29.6 Å². The summed E-state index contributed by atoms with van der Waals surface area (Å²) in [6.45, 7) is 3.15. The number of hydrogen-bond acceptors (Lipinski definition) is 2. The maximum Gasteiger partial charge on any atom is 0.106 e. The summed E-state index contributed by atoms with van der Waals surface area (Å²) in [5.41, 5.74) is 3.74. The summed E-state index contributed by atoms with van der Waals surface area (Å²) in [5, 5.41) is 3.18. The van der Waals surface area contributed by atoms with Crippen LogP contribution in [0.5, 0.6) is 0 Å². The lowest BCUT2D eigenvalue weighted by Gasteiger charge is -2.02. The summed E-state index contributed by atoms with van der Waals surface area (Å²) in [5.74, 6) is 1.08. The van der Waals surface area contributed by atoms with Crippen molar-refractivity contribution in [3.63, 3.8) is 0 Å². The first-order valence-corrected chi connectivity index (χ1v) is 6.29. The highest BCUT2D eigenvalue weighted by Gasteiger charge is 2.04. The van der Waals surface area contributed by atoms with Crippen LogP contribution in [0.4, 0.5) is 0 Å². The summed E-state index contributed by atoms with van der Waals surface area (Å²) >= 11 is 0. The van der Waals surface area contributed by atoms with Gasteiger partial charge in [0.1, 0.15) is 5.82 Å². The van der Waals surface area contributed by atoms with Crippen LogP contribution in [-0.4, -0.2) is 23.1 Å². The molecule has 92 valence electrons. The number of benzene rings is 1. The van der Waals surface area contributed by atoms with Crippen molar-refractivity contribution in [2.75, 3.05) is 13.6 Å². The van der Waals surface area contributed by atoms with Crippen LogP contribution < -0.4 is 5.32 Å². The minimum absolute atomic E-state index is 1.08. The molecule has 0 atom stereocenters. The molecule has 2 rings (SSSR count). The molecule has 0 aliphatic carbocycles. The molecule has 0 aliphatic rings. The number of imidazole rings is 1. The molecule has 0 spiro atoms. The van der Waals surface area contributed by atoms with Gasteiger partial charge in [-0.05, 0) is 57.5 Å². The maximum absolute atomic E-state index is 4.57. The van der Waals surface area contributed by atoms with Gasteiger partial charge >= 0.3 is 0 Å². The van der Waals surface area contributed by atoms with E-state index in [-0.39, 0.29) is 0 Å². The lowest BCUT2D eigenvalue weighted by atomic mass is 10.1. The smallest absolute Gasteiger partial charge is 0.106 e. The van der Waals surface area contributed by atoms with Crippen molar-refractivity contribution in [3.8, 4) is 0 Å². The van der Waals surface area contributed by atoms with Gasteiger partial charge in [-0.2, -0.15) is 0 Å². The fraction of sp³-hybridized carbons (Fsp3) is 0.500. The largest absolute Gasteiger partial charge is 0.331 e. The van der Waals surface area contributed by atoms with E-state index in [0.29, 0.717) is 0 Å². The predicted octanol–water partition coefficient (Wildman–Crippen LogP) is 2.42. The Morgan fingerprint density at radius 2 is 2.12 bits per heavy atom. The first-order valence-electron chi connectivity index (χ1n) is 6.29. The second kappa shape index (κ2) is 5.32. The number of unbranched alkanes of at least 4 members (excludes halogenated alkanes) is 1. The Hall–Kier alpha value is -1.35. The van der Waals surface area contributed by atoms with Gasteiger partial charge in [0, 0.05) is 7.05 Å². The third-order valence-corrected chi connectivity index (χ3v) is 3.31. The van der Waals surface area contributed by atoms with Crippen LogP contribution in [0.3, 0.4) is 0 Å². The van der Waals surface area contributed by atoms with Gasteiger partial charge in [-0.15, -0.1) is 0 Å². The highest BCUT2D eigenvalue weighted by atomic mass is 15.0. The second-order valence-electron chi connectivity index (χ2n) is 4.60. The van der Waals surface area contributed by atoms with Crippen molar-refractivity contribution in [1.82, 2.24) is 14.9 Å². The Morgan fingerprint density at radius 1 is 1.29 bits per heavy atom. The Morgan fingerprint density at radius 3 is 2.88 bits per heavy atom. The molecule has 0 radical (unpaired) electrons. The zero-order valence-electron chi connectivity index (χ0n) is 11.0. The maximum atomic E-state index is 4.57. The molecule has 0 fully saturated rings. The van der Waals surface area contributed by atoms with E-state index < -0.39 is 0 Å². The average molecular weight is 231 g/mol. The van der Waals surface area contributed by atoms with E-state index in [9.17, 15) is 0 Å². The molecular weight excluding hydrogens is 210 g/mol. The van der Waals surface area contributed by atoms with E-state index in [4.69, 9.17) is 0 Å². The molecule has 0 unspecified atom stereocenters. The topological polar surface area (TPSA) is 29.9 Å². The second-order valence-corrected chi connectivity index (χ2v) is 4.60. The standard InChI is InChI=1S/C14H21N3/c1-11-16-13-10-12(6-4-5-9-15-2)7-8-14(13)17(11)3/h7-8,10,15H,4-6,9H2,1-3H3. The van der Waals surface area contributed by atoms with Crippen molar-refractivity contribution in [2.45, 2.75) is 26.2 Å². The zero-order chi connectivity index (χ0) is 12.3. The van der Waals surface area contributed by atoms with Gasteiger partial charge in [0.05, 0.1) is 11.0 Å². The highest BCUT2D eigenvalue weighted by Crippen LogP contribution is 2.17. The first-order chi connectivity index (χ1) is 8.22. The molecule has 2 aromatic rings. The molecule has 0 bridgehead atoms. The lowest BCUT2D eigenvalue weighted by molar-refractivity contribution is 0.677. The van der Waals surface area contributed by atoms with E-state index in [2.05, 4.69) is 40.1 Å². The van der Waals surface area contributed by atoms with E-state index in [0.717, 1.165) is 24.3 Å². The highest BCUT2D eigenvalue weighted by molar-refractivity contribution is 5.76. The molecular formula is C14H21N3. The van der Waals surface area contributed by atoms with Gasteiger partial charge < -0.3 is 9.88 Å². The Kier molecular flexibility index (Phi) is 3.79. The van der Waals surface area contributed by atoms with Crippen LogP contribution >= 0.6 is 0 Å².